The number of ether oxygens (including phenoxy) is 3. The average molecular weight is 331 g/mol. The monoisotopic (exact) mass is 331 g/mol. The number of allylic oxidation sites excluding steroid dienone is 1. The summed E-state index contributed by atoms with van der Waals surface area (Å²) in [4.78, 5) is 0. The first-order valence-corrected chi connectivity index (χ1v) is 9.15. The zero-order valence-corrected chi connectivity index (χ0v) is 14.5. The first kappa shape index (κ1) is 17.5. The molecule has 0 aliphatic carbocycles. The lowest BCUT2D eigenvalue weighted by Crippen LogP contribution is -2.41. The predicted molar refractivity (Wildman–Crippen MR) is 94.8 cm³/mol. The Morgan fingerprint density at radius 2 is 1.96 bits per heavy atom. The lowest BCUT2D eigenvalue weighted by molar-refractivity contribution is -0.0802. The molecule has 3 rings (SSSR count). The molecule has 4 nitrogen and oxygen atoms in total. The Kier molecular flexibility index (Phi) is 6.70. The van der Waals surface area contributed by atoms with Crippen LogP contribution in [0.1, 0.15) is 44.3 Å². The van der Waals surface area contributed by atoms with Crippen LogP contribution in [0.25, 0.3) is 0 Å². The smallest absolute Gasteiger partial charge is 0.110 e. The van der Waals surface area contributed by atoms with E-state index in [-0.39, 0.29) is 24.4 Å². The Bertz CT molecular complexity index is 499. The Labute approximate surface area is 145 Å². The standard InChI is InChI=1S/C20H29NO3/c1-16(21-15-19-9-5-6-12-23-19)20(17-7-3-2-4-8-17)24-18-10-13-22-14-11-18/h2-4,6-8,12,16,18-21H,5,9-11,13-15H2,1H3/t16-,19-,20+/m0/s1. The highest BCUT2D eigenvalue weighted by Gasteiger charge is 2.26. The molecule has 0 amide bonds. The number of hydrogen-bond donors (Lipinski definition) is 1. The summed E-state index contributed by atoms with van der Waals surface area (Å²) < 4.78 is 17.6. The van der Waals surface area contributed by atoms with Gasteiger partial charge in [0.2, 0.25) is 0 Å². The summed E-state index contributed by atoms with van der Waals surface area (Å²) >= 11 is 0. The van der Waals surface area contributed by atoms with Crippen LogP contribution >= 0.6 is 0 Å². The molecule has 0 unspecified atom stereocenters. The molecule has 2 aliphatic rings. The van der Waals surface area contributed by atoms with Crippen molar-refractivity contribution in [1.29, 1.82) is 0 Å². The van der Waals surface area contributed by atoms with Crippen LogP contribution in [0.4, 0.5) is 0 Å². The van der Waals surface area contributed by atoms with Crippen LogP contribution in [0.15, 0.2) is 42.7 Å². The minimum atomic E-state index is 0.0495. The maximum Gasteiger partial charge on any atom is 0.110 e. The molecule has 0 saturated carbocycles. The lowest BCUT2D eigenvalue weighted by atomic mass is 10.0. The molecule has 1 aromatic rings. The molecule has 1 saturated heterocycles. The van der Waals surface area contributed by atoms with Crippen LogP contribution < -0.4 is 5.32 Å². The zero-order valence-electron chi connectivity index (χ0n) is 14.5. The van der Waals surface area contributed by atoms with Crippen LogP contribution in [0, 0.1) is 0 Å². The second-order valence-corrected chi connectivity index (χ2v) is 6.68. The van der Waals surface area contributed by atoms with Crippen LogP contribution in [0.5, 0.6) is 0 Å². The van der Waals surface area contributed by atoms with E-state index in [1.807, 2.05) is 6.26 Å². The van der Waals surface area contributed by atoms with Gasteiger partial charge in [0.15, 0.2) is 0 Å². The summed E-state index contributed by atoms with van der Waals surface area (Å²) in [5, 5.41) is 3.63. The summed E-state index contributed by atoms with van der Waals surface area (Å²) in [6.45, 7) is 4.66. The molecule has 1 N–H and O–H groups in total. The van der Waals surface area contributed by atoms with Crippen LogP contribution in [0.3, 0.4) is 0 Å². The van der Waals surface area contributed by atoms with E-state index >= 15 is 0 Å². The number of hydrogen-bond acceptors (Lipinski definition) is 4. The number of rotatable bonds is 7. The molecular weight excluding hydrogens is 302 g/mol. The van der Waals surface area contributed by atoms with Crippen molar-refractivity contribution in [2.24, 2.45) is 0 Å². The Morgan fingerprint density at radius 1 is 1.17 bits per heavy atom. The Balaban J connectivity index is 1.60. The first-order chi connectivity index (χ1) is 11.8. The van der Waals surface area contributed by atoms with Gasteiger partial charge in [0.05, 0.1) is 18.5 Å². The van der Waals surface area contributed by atoms with Gasteiger partial charge in [0.25, 0.3) is 0 Å². The van der Waals surface area contributed by atoms with Gasteiger partial charge in [0.1, 0.15) is 6.10 Å². The molecule has 3 atom stereocenters. The fourth-order valence-electron chi connectivity index (χ4n) is 3.31. The van der Waals surface area contributed by atoms with E-state index in [4.69, 9.17) is 14.2 Å². The van der Waals surface area contributed by atoms with E-state index in [1.165, 1.54) is 5.56 Å². The molecule has 1 aromatic carbocycles. The summed E-state index contributed by atoms with van der Waals surface area (Å²) in [7, 11) is 0. The van der Waals surface area contributed by atoms with Crippen LogP contribution in [-0.2, 0) is 14.2 Å². The Morgan fingerprint density at radius 3 is 2.67 bits per heavy atom. The molecule has 1 fully saturated rings. The van der Waals surface area contributed by atoms with Gasteiger partial charge in [-0.2, -0.15) is 0 Å². The highest BCUT2D eigenvalue weighted by atomic mass is 16.5. The Hall–Kier alpha value is -1.36. The quantitative estimate of drug-likeness (QED) is 0.829. The minimum Gasteiger partial charge on any atom is -0.497 e. The van der Waals surface area contributed by atoms with Crippen molar-refractivity contribution in [1.82, 2.24) is 5.32 Å². The van der Waals surface area contributed by atoms with Crippen molar-refractivity contribution < 1.29 is 14.2 Å². The molecule has 0 bridgehead atoms. The van der Waals surface area contributed by atoms with Gasteiger partial charge >= 0.3 is 0 Å². The van der Waals surface area contributed by atoms with E-state index in [0.717, 1.165) is 45.4 Å². The fraction of sp³-hybridized carbons (Fsp3) is 0.600. The maximum absolute atomic E-state index is 6.48. The molecule has 0 aromatic heterocycles. The van der Waals surface area contributed by atoms with Gasteiger partial charge < -0.3 is 19.5 Å². The molecule has 2 heterocycles. The largest absolute Gasteiger partial charge is 0.497 e. The molecule has 2 aliphatic heterocycles. The third-order valence-corrected chi connectivity index (χ3v) is 4.78. The summed E-state index contributed by atoms with van der Waals surface area (Å²) in [6, 6.07) is 10.7. The van der Waals surface area contributed by atoms with Crippen molar-refractivity contribution >= 4 is 0 Å². The molecule has 132 valence electrons. The average Bonchev–Trinajstić information content (AvgIpc) is 2.66. The van der Waals surface area contributed by atoms with E-state index in [9.17, 15) is 0 Å². The number of nitrogens with one attached hydrogen (secondary N) is 1. The summed E-state index contributed by atoms with van der Waals surface area (Å²) in [5.41, 5.74) is 1.23. The van der Waals surface area contributed by atoms with E-state index in [0.29, 0.717) is 0 Å². The second-order valence-electron chi connectivity index (χ2n) is 6.68. The third-order valence-electron chi connectivity index (χ3n) is 4.78. The van der Waals surface area contributed by atoms with Crippen molar-refractivity contribution in [2.45, 2.75) is 57.0 Å². The normalized spacial score (nSPS) is 24.3. The minimum absolute atomic E-state index is 0.0495. The van der Waals surface area contributed by atoms with Gasteiger partial charge in [-0.25, -0.2) is 0 Å². The van der Waals surface area contributed by atoms with Crippen molar-refractivity contribution in [3.05, 3.63) is 48.2 Å². The highest BCUT2D eigenvalue weighted by molar-refractivity contribution is 5.19. The van der Waals surface area contributed by atoms with Gasteiger partial charge in [0, 0.05) is 25.8 Å². The van der Waals surface area contributed by atoms with Crippen LogP contribution in [-0.4, -0.2) is 38.0 Å². The number of benzene rings is 1. The lowest BCUT2D eigenvalue weighted by Gasteiger charge is -2.32. The van der Waals surface area contributed by atoms with Gasteiger partial charge in [-0.1, -0.05) is 30.3 Å². The molecule has 24 heavy (non-hydrogen) atoms. The maximum atomic E-state index is 6.48. The van der Waals surface area contributed by atoms with Gasteiger partial charge in [-0.05, 0) is 44.2 Å². The summed E-state index contributed by atoms with van der Waals surface area (Å²) in [6.07, 6.45) is 8.63. The molecular formula is C20H29NO3. The van der Waals surface area contributed by atoms with E-state index < -0.39 is 0 Å². The highest BCUT2D eigenvalue weighted by Crippen LogP contribution is 2.26. The SMILES string of the molecule is C[C@H](NC[C@@H]1CCC=CO1)[C@@H](OC1CCOCC1)c1ccccc1. The van der Waals surface area contributed by atoms with Gasteiger partial charge in [-0.15, -0.1) is 0 Å². The molecule has 0 radical (unpaired) electrons. The van der Waals surface area contributed by atoms with Gasteiger partial charge in [-0.3, -0.25) is 0 Å². The topological polar surface area (TPSA) is 39.7 Å². The molecule has 4 heteroatoms. The third kappa shape index (κ3) is 5.07. The van der Waals surface area contributed by atoms with Crippen LogP contribution in [0.2, 0.25) is 0 Å². The van der Waals surface area contributed by atoms with Crippen molar-refractivity contribution in [3.8, 4) is 0 Å². The van der Waals surface area contributed by atoms with Crippen molar-refractivity contribution in [3.63, 3.8) is 0 Å². The van der Waals surface area contributed by atoms with E-state index in [2.05, 4.69) is 48.6 Å². The van der Waals surface area contributed by atoms with Crippen molar-refractivity contribution in [2.75, 3.05) is 19.8 Å². The zero-order chi connectivity index (χ0) is 16.6. The summed E-state index contributed by atoms with van der Waals surface area (Å²) in [5.74, 6) is 0. The van der Waals surface area contributed by atoms with E-state index in [1.54, 1.807) is 0 Å². The first-order valence-electron chi connectivity index (χ1n) is 9.15. The molecule has 0 spiro atoms. The predicted octanol–water partition coefficient (Wildman–Crippen LogP) is 3.59. The second kappa shape index (κ2) is 9.21. The fourth-order valence-corrected chi connectivity index (χ4v) is 3.31.